The van der Waals surface area contributed by atoms with Gasteiger partial charge >= 0.3 is 0 Å². The Kier molecular flexibility index (Phi) is 3.96. The van der Waals surface area contributed by atoms with Gasteiger partial charge in [-0.1, -0.05) is 29.4 Å². The molecule has 0 unspecified atom stereocenters. The molecule has 0 aliphatic rings. The molecule has 2 aromatic carbocycles. The lowest BCUT2D eigenvalue weighted by Gasteiger charge is -2.05. The standard InChI is InChI=1S/C19H12F2N2O3/c20-13-5-3-6-14(21)18(13)19(24)22-10-12-9-17(26-23-12)16-8-11-4-1-2-7-15(11)25-16/h1-9H,10H2,(H,22,24). The SMILES string of the molecule is O=C(NCc1cc(-c2cc3ccccc3o2)on1)c1c(F)cccc1F. The second kappa shape index (κ2) is 6.44. The number of amides is 1. The Bertz CT molecular complexity index is 1050. The molecular weight excluding hydrogens is 342 g/mol. The first-order valence-corrected chi connectivity index (χ1v) is 7.78. The third-order valence-corrected chi connectivity index (χ3v) is 3.85. The van der Waals surface area contributed by atoms with Gasteiger partial charge in [0, 0.05) is 11.5 Å². The summed E-state index contributed by atoms with van der Waals surface area (Å²) in [4.78, 5) is 12.0. The van der Waals surface area contributed by atoms with Crippen LogP contribution in [0.25, 0.3) is 22.5 Å². The molecule has 26 heavy (non-hydrogen) atoms. The summed E-state index contributed by atoms with van der Waals surface area (Å²) in [6.07, 6.45) is 0. The largest absolute Gasteiger partial charge is 0.453 e. The van der Waals surface area contributed by atoms with E-state index in [0.717, 1.165) is 17.5 Å². The molecule has 0 bridgehead atoms. The molecular formula is C19H12F2N2O3. The van der Waals surface area contributed by atoms with Crippen molar-refractivity contribution in [1.29, 1.82) is 0 Å². The van der Waals surface area contributed by atoms with E-state index < -0.39 is 23.1 Å². The number of para-hydroxylation sites is 1. The molecule has 1 amide bonds. The molecule has 5 nitrogen and oxygen atoms in total. The van der Waals surface area contributed by atoms with Crippen molar-refractivity contribution in [1.82, 2.24) is 10.5 Å². The zero-order chi connectivity index (χ0) is 18.1. The number of aromatic nitrogens is 1. The van der Waals surface area contributed by atoms with Crippen LogP contribution < -0.4 is 5.32 Å². The van der Waals surface area contributed by atoms with E-state index in [2.05, 4.69) is 10.5 Å². The number of hydrogen-bond acceptors (Lipinski definition) is 4. The number of benzene rings is 2. The summed E-state index contributed by atoms with van der Waals surface area (Å²) >= 11 is 0. The lowest BCUT2D eigenvalue weighted by atomic mass is 10.2. The van der Waals surface area contributed by atoms with E-state index in [0.29, 0.717) is 22.8 Å². The Balaban J connectivity index is 1.49. The Hall–Kier alpha value is -3.48. The minimum absolute atomic E-state index is 0.0453. The van der Waals surface area contributed by atoms with Crippen molar-refractivity contribution in [3.8, 4) is 11.5 Å². The first-order chi connectivity index (χ1) is 12.6. The number of nitrogens with zero attached hydrogens (tertiary/aromatic N) is 1. The maximum Gasteiger partial charge on any atom is 0.257 e. The second-order valence-electron chi connectivity index (χ2n) is 5.61. The predicted octanol–water partition coefficient (Wildman–Crippen LogP) is 4.30. The van der Waals surface area contributed by atoms with Gasteiger partial charge < -0.3 is 14.3 Å². The Morgan fingerprint density at radius 1 is 1.00 bits per heavy atom. The molecule has 0 aliphatic heterocycles. The van der Waals surface area contributed by atoms with E-state index in [1.54, 1.807) is 6.07 Å². The first-order valence-electron chi connectivity index (χ1n) is 7.78. The van der Waals surface area contributed by atoms with Crippen molar-refractivity contribution in [3.05, 3.63) is 77.5 Å². The smallest absolute Gasteiger partial charge is 0.257 e. The van der Waals surface area contributed by atoms with Crippen molar-refractivity contribution in [2.75, 3.05) is 0 Å². The quantitative estimate of drug-likeness (QED) is 0.593. The van der Waals surface area contributed by atoms with Crippen LogP contribution in [0.1, 0.15) is 16.1 Å². The lowest BCUT2D eigenvalue weighted by Crippen LogP contribution is -2.25. The van der Waals surface area contributed by atoms with Gasteiger partial charge in [-0.2, -0.15) is 0 Å². The van der Waals surface area contributed by atoms with Crippen LogP contribution in [0.4, 0.5) is 8.78 Å². The van der Waals surface area contributed by atoms with Gasteiger partial charge in [-0.25, -0.2) is 8.78 Å². The number of fused-ring (bicyclic) bond motifs is 1. The molecule has 4 aromatic rings. The van der Waals surface area contributed by atoms with Crippen molar-refractivity contribution in [3.63, 3.8) is 0 Å². The minimum atomic E-state index is -0.925. The normalized spacial score (nSPS) is 11.0. The summed E-state index contributed by atoms with van der Waals surface area (Å²) in [5, 5.41) is 7.17. The average molecular weight is 354 g/mol. The van der Waals surface area contributed by atoms with Crippen LogP contribution in [0.2, 0.25) is 0 Å². The predicted molar refractivity (Wildman–Crippen MR) is 89.2 cm³/mol. The van der Waals surface area contributed by atoms with E-state index in [9.17, 15) is 13.6 Å². The number of hydrogen-bond donors (Lipinski definition) is 1. The fourth-order valence-corrected chi connectivity index (χ4v) is 2.59. The number of furan rings is 1. The summed E-state index contributed by atoms with van der Waals surface area (Å²) in [5.41, 5.74) is 0.475. The van der Waals surface area contributed by atoms with Crippen molar-refractivity contribution >= 4 is 16.9 Å². The zero-order valence-corrected chi connectivity index (χ0v) is 13.3. The number of carbonyl (C=O) groups is 1. The van der Waals surface area contributed by atoms with Gasteiger partial charge in [0.25, 0.3) is 5.91 Å². The molecule has 4 rings (SSSR count). The van der Waals surface area contributed by atoms with Crippen LogP contribution in [-0.4, -0.2) is 11.1 Å². The van der Waals surface area contributed by atoms with Crippen LogP contribution in [-0.2, 0) is 6.54 Å². The van der Waals surface area contributed by atoms with Gasteiger partial charge in [0.2, 0.25) is 5.76 Å². The number of halogens is 2. The maximum atomic E-state index is 13.6. The number of nitrogens with one attached hydrogen (secondary N) is 1. The van der Waals surface area contributed by atoms with Crippen LogP contribution >= 0.6 is 0 Å². The van der Waals surface area contributed by atoms with E-state index in [1.165, 1.54) is 6.07 Å². The van der Waals surface area contributed by atoms with E-state index in [-0.39, 0.29) is 6.54 Å². The Morgan fingerprint density at radius 3 is 2.54 bits per heavy atom. The van der Waals surface area contributed by atoms with Crippen LogP contribution in [0.15, 0.2) is 63.5 Å². The first kappa shape index (κ1) is 16.0. The fourth-order valence-electron chi connectivity index (χ4n) is 2.59. The Morgan fingerprint density at radius 2 is 1.77 bits per heavy atom. The van der Waals surface area contributed by atoms with Gasteiger partial charge in [0.15, 0.2) is 5.76 Å². The monoisotopic (exact) mass is 354 g/mol. The molecule has 130 valence electrons. The van der Waals surface area contributed by atoms with E-state index in [4.69, 9.17) is 8.94 Å². The average Bonchev–Trinajstić information content (AvgIpc) is 3.26. The molecule has 0 aliphatic carbocycles. The van der Waals surface area contributed by atoms with Gasteiger partial charge in [0.05, 0.1) is 6.54 Å². The molecule has 1 N–H and O–H groups in total. The highest BCUT2D eigenvalue weighted by atomic mass is 19.1. The summed E-state index contributed by atoms with van der Waals surface area (Å²) in [7, 11) is 0. The van der Waals surface area contributed by atoms with Crippen molar-refractivity contribution < 1.29 is 22.5 Å². The van der Waals surface area contributed by atoms with Crippen LogP contribution in [0.5, 0.6) is 0 Å². The minimum Gasteiger partial charge on any atom is -0.453 e. The summed E-state index contributed by atoms with van der Waals surface area (Å²) in [6.45, 7) is -0.0453. The third kappa shape index (κ3) is 2.95. The molecule has 0 radical (unpaired) electrons. The van der Waals surface area contributed by atoms with E-state index in [1.807, 2.05) is 30.3 Å². The molecule has 2 aromatic heterocycles. The van der Waals surface area contributed by atoms with Gasteiger partial charge in [0.1, 0.15) is 28.5 Å². The molecule has 0 spiro atoms. The fraction of sp³-hybridized carbons (Fsp3) is 0.0526. The third-order valence-electron chi connectivity index (χ3n) is 3.85. The van der Waals surface area contributed by atoms with Crippen molar-refractivity contribution in [2.24, 2.45) is 0 Å². The second-order valence-corrected chi connectivity index (χ2v) is 5.61. The summed E-state index contributed by atoms with van der Waals surface area (Å²) in [6, 6.07) is 14.1. The molecule has 2 heterocycles. The topological polar surface area (TPSA) is 68.3 Å². The molecule has 0 atom stereocenters. The summed E-state index contributed by atoms with van der Waals surface area (Å²) in [5.74, 6) is -1.83. The van der Waals surface area contributed by atoms with Crippen LogP contribution in [0.3, 0.4) is 0 Å². The highest BCUT2D eigenvalue weighted by Gasteiger charge is 2.18. The molecule has 7 heteroatoms. The number of rotatable bonds is 4. The van der Waals surface area contributed by atoms with Gasteiger partial charge in [-0.3, -0.25) is 4.79 Å². The highest BCUT2D eigenvalue weighted by molar-refractivity contribution is 5.94. The Labute approximate surface area is 146 Å². The highest BCUT2D eigenvalue weighted by Crippen LogP contribution is 2.28. The molecule has 0 saturated carbocycles. The summed E-state index contributed by atoms with van der Waals surface area (Å²) < 4.78 is 38.1. The van der Waals surface area contributed by atoms with E-state index >= 15 is 0 Å². The van der Waals surface area contributed by atoms with Crippen molar-refractivity contribution in [2.45, 2.75) is 6.54 Å². The molecule has 0 saturated heterocycles. The molecule has 0 fully saturated rings. The van der Waals surface area contributed by atoms with Gasteiger partial charge in [-0.15, -0.1) is 0 Å². The lowest BCUT2D eigenvalue weighted by molar-refractivity contribution is 0.0941. The maximum absolute atomic E-state index is 13.6. The van der Waals surface area contributed by atoms with Gasteiger partial charge in [-0.05, 0) is 24.3 Å². The number of carbonyl (C=O) groups excluding carboxylic acids is 1. The zero-order valence-electron chi connectivity index (χ0n) is 13.3. The van der Waals surface area contributed by atoms with Crippen LogP contribution in [0, 0.1) is 11.6 Å².